The summed E-state index contributed by atoms with van der Waals surface area (Å²) < 4.78 is 4.84. The Balaban J connectivity index is 4.04. The molecule has 0 radical (unpaired) electrons. The molecule has 0 aromatic heterocycles. The summed E-state index contributed by atoms with van der Waals surface area (Å²) in [4.78, 5) is 11.4. The largest absolute Gasteiger partial charge is 0.460 e. The number of esters is 1. The number of hydrogen-bond donors (Lipinski definition) is 1. The van der Waals surface area contributed by atoms with Crippen molar-refractivity contribution in [1.29, 1.82) is 0 Å². The lowest BCUT2D eigenvalue weighted by Gasteiger charge is -2.12. The van der Waals surface area contributed by atoms with Gasteiger partial charge in [0.2, 0.25) is 0 Å². The van der Waals surface area contributed by atoms with Crippen molar-refractivity contribution in [3.8, 4) is 0 Å². The molecule has 0 bridgehead atoms. The van der Waals surface area contributed by atoms with Crippen molar-refractivity contribution in [3.05, 3.63) is 11.6 Å². The molecule has 0 saturated heterocycles. The van der Waals surface area contributed by atoms with Crippen LogP contribution >= 0.6 is 0 Å². The lowest BCUT2D eigenvalue weighted by atomic mass is 9.95. The van der Waals surface area contributed by atoms with Crippen molar-refractivity contribution in [3.63, 3.8) is 0 Å². The highest BCUT2D eigenvalue weighted by Gasteiger charge is 2.08. The first kappa shape index (κ1) is 16.2. The van der Waals surface area contributed by atoms with Crippen molar-refractivity contribution in [2.24, 2.45) is 5.92 Å². The highest BCUT2D eigenvalue weighted by molar-refractivity contribution is 5.87. The number of carbonyl (C=O) groups is 1. The quantitative estimate of drug-likeness (QED) is 0.499. The van der Waals surface area contributed by atoms with E-state index in [9.17, 15) is 4.79 Å². The summed E-state index contributed by atoms with van der Waals surface area (Å²) in [5, 5.41) is 8.55. The maximum absolute atomic E-state index is 11.4. The van der Waals surface area contributed by atoms with Crippen molar-refractivity contribution in [2.45, 2.75) is 52.9 Å². The summed E-state index contributed by atoms with van der Waals surface area (Å²) in [6.07, 6.45) is 7.75. The van der Waals surface area contributed by atoms with Gasteiger partial charge in [0.05, 0.1) is 6.61 Å². The first-order chi connectivity index (χ1) is 8.15. The normalized spacial score (nSPS) is 13.5. The van der Waals surface area contributed by atoms with Gasteiger partial charge in [0.25, 0.3) is 0 Å². The average molecular weight is 242 g/mol. The molecule has 0 aliphatic rings. The van der Waals surface area contributed by atoms with E-state index in [4.69, 9.17) is 9.84 Å². The molecule has 1 atom stereocenters. The van der Waals surface area contributed by atoms with Crippen molar-refractivity contribution in [2.75, 3.05) is 13.2 Å². The molecule has 1 N–H and O–H groups in total. The Morgan fingerprint density at radius 3 is 2.65 bits per heavy atom. The predicted octanol–water partition coefficient (Wildman–Crippen LogP) is 3.07. The zero-order valence-electron chi connectivity index (χ0n) is 11.4. The van der Waals surface area contributed by atoms with Crippen LogP contribution < -0.4 is 0 Å². The van der Waals surface area contributed by atoms with Crippen molar-refractivity contribution < 1.29 is 14.6 Å². The van der Waals surface area contributed by atoms with Gasteiger partial charge in [-0.3, -0.25) is 0 Å². The number of carbonyl (C=O) groups excluding carboxylic acids is 1. The molecular formula is C14H26O3. The molecule has 0 aromatic rings. The average Bonchev–Trinajstić information content (AvgIpc) is 2.35. The molecular weight excluding hydrogens is 216 g/mol. The van der Waals surface area contributed by atoms with Gasteiger partial charge in [-0.1, -0.05) is 45.6 Å². The van der Waals surface area contributed by atoms with Gasteiger partial charge in [-0.25, -0.2) is 4.79 Å². The highest BCUT2D eigenvalue weighted by Crippen LogP contribution is 2.18. The van der Waals surface area contributed by atoms with Gasteiger partial charge in [-0.2, -0.15) is 0 Å². The molecule has 3 heteroatoms. The number of aliphatic hydroxyl groups is 1. The Morgan fingerprint density at radius 2 is 2.12 bits per heavy atom. The molecule has 0 fully saturated rings. The highest BCUT2D eigenvalue weighted by atomic mass is 16.5. The summed E-state index contributed by atoms with van der Waals surface area (Å²) in [6.45, 7) is 6.12. The summed E-state index contributed by atoms with van der Waals surface area (Å²) in [6, 6.07) is 0. The number of ether oxygens (including phenoxy) is 1. The van der Waals surface area contributed by atoms with E-state index in [1.165, 1.54) is 19.3 Å². The molecule has 0 spiro atoms. The fourth-order valence-corrected chi connectivity index (χ4v) is 1.66. The van der Waals surface area contributed by atoms with Crippen LogP contribution in [0, 0.1) is 5.92 Å². The van der Waals surface area contributed by atoms with Gasteiger partial charge < -0.3 is 9.84 Å². The third-order valence-corrected chi connectivity index (χ3v) is 2.95. The summed E-state index contributed by atoms with van der Waals surface area (Å²) in [5.41, 5.74) is 0.647. The molecule has 3 nitrogen and oxygen atoms in total. The van der Waals surface area contributed by atoms with E-state index in [1.54, 1.807) is 6.92 Å². The molecule has 0 amide bonds. The second-order valence-corrected chi connectivity index (χ2v) is 4.40. The number of allylic oxidation sites excluding steroid dienone is 1. The fraction of sp³-hybridized carbons (Fsp3) is 0.786. The van der Waals surface area contributed by atoms with Crippen molar-refractivity contribution in [1.82, 2.24) is 0 Å². The monoisotopic (exact) mass is 242 g/mol. The smallest absolute Gasteiger partial charge is 0.333 e. The molecule has 0 heterocycles. The maximum atomic E-state index is 11.4. The Kier molecular flexibility index (Phi) is 9.83. The van der Waals surface area contributed by atoms with Crippen LogP contribution in [-0.4, -0.2) is 24.3 Å². The van der Waals surface area contributed by atoms with Gasteiger partial charge in [0.15, 0.2) is 0 Å². The first-order valence-corrected chi connectivity index (χ1v) is 6.60. The number of rotatable bonds is 9. The van der Waals surface area contributed by atoms with Crippen LogP contribution in [0.4, 0.5) is 0 Å². The van der Waals surface area contributed by atoms with Crippen LogP contribution in [0.15, 0.2) is 11.6 Å². The minimum absolute atomic E-state index is 0.0804. The first-order valence-electron chi connectivity index (χ1n) is 6.60. The van der Waals surface area contributed by atoms with E-state index < -0.39 is 0 Å². The Bertz CT molecular complexity index is 234. The minimum atomic E-state index is -0.315. The van der Waals surface area contributed by atoms with Gasteiger partial charge in [-0.05, 0) is 19.3 Å². The van der Waals surface area contributed by atoms with E-state index in [0.717, 1.165) is 12.8 Å². The number of hydrogen-bond acceptors (Lipinski definition) is 3. The Morgan fingerprint density at radius 1 is 1.41 bits per heavy atom. The lowest BCUT2D eigenvalue weighted by Crippen LogP contribution is -2.09. The molecule has 0 aliphatic heterocycles. The second-order valence-electron chi connectivity index (χ2n) is 4.40. The minimum Gasteiger partial charge on any atom is -0.460 e. The third kappa shape index (κ3) is 7.97. The molecule has 0 rings (SSSR count). The topological polar surface area (TPSA) is 46.5 Å². The fourth-order valence-electron chi connectivity index (χ4n) is 1.66. The van der Waals surface area contributed by atoms with Gasteiger partial charge in [0, 0.05) is 5.57 Å². The molecule has 0 aliphatic carbocycles. The summed E-state index contributed by atoms with van der Waals surface area (Å²) in [7, 11) is 0. The van der Waals surface area contributed by atoms with E-state index in [-0.39, 0.29) is 19.2 Å². The van der Waals surface area contributed by atoms with E-state index in [0.29, 0.717) is 11.5 Å². The Hall–Kier alpha value is -0.830. The van der Waals surface area contributed by atoms with Crippen LogP contribution in [-0.2, 0) is 9.53 Å². The standard InChI is InChI=1S/C14H26O3/c1-4-6-7-13(5-2)9-8-12(3)14(16)17-11-10-15/h8,13,15H,4-7,9-11H2,1-3H3. The summed E-state index contributed by atoms with van der Waals surface area (Å²) >= 11 is 0. The van der Waals surface area contributed by atoms with Crippen LogP contribution in [0.25, 0.3) is 0 Å². The molecule has 1 unspecified atom stereocenters. The zero-order valence-corrected chi connectivity index (χ0v) is 11.4. The van der Waals surface area contributed by atoms with Gasteiger partial charge in [0.1, 0.15) is 6.61 Å². The van der Waals surface area contributed by atoms with Crippen molar-refractivity contribution >= 4 is 5.97 Å². The molecule has 0 aromatic carbocycles. The molecule has 17 heavy (non-hydrogen) atoms. The van der Waals surface area contributed by atoms with Crippen LogP contribution in [0.3, 0.4) is 0 Å². The van der Waals surface area contributed by atoms with E-state index >= 15 is 0 Å². The van der Waals surface area contributed by atoms with E-state index in [1.807, 2.05) is 6.08 Å². The predicted molar refractivity (Wildman–Crippen MR) is 69.7 cm³/mol. The Labute approximate surface area is 105 Å². The van der Waals surface area contributed by atoms with Crippen LogP contribution in [0.5, 0.6) is 0 Å². The third-order valence-electron chi connectivity index (χ3n) is 2.95. The summed E-state index contributed by atoms with van der Waals surface area (Å²) in [5.74, 6) is 0.347. The SMILES string of the molecule is CCCCC(CC)CC=C(C)C(=O)OCCO. The lowest BCUT2D eigenvalue weighted by molar-refractivity contribution is -0.139. The van der Waals surface area contributed by atoms with Gasteiger partial charge in [-0.15, -0.1) is 0 Å². The molecule has 0 saturated carbocycles. The molecule has 100 valence electrons. The maximum Gasteiger partial charge on any atom is 0.333 e. The number of unbranched alkanes of at least 4 members (excludes halogenated alkanes) is 1. The van der Waals surface area contributed by atoms with E-state index in [2.05, 4.69) is 13.8 Å². The zero-order chi connectivity index (χ0) is 13.1. The van der Waals surface area contributed by atoms with Gasteiger partial charge >= 0.3 is 5.97 Å². The van der Waals surface area contributed by atoms with Crippen LogP contribution in [0.1, 0.15) is 52.9 Å². The van der Waals surface area contributed by atoms with Crippen LogP contribution in [0.2, 0.25) is 0 Å². The number of aliphatic hydroxyl groups excluding tert-OH is 1. The second kappa shape index (κ2) is 10.3.